The van der Waals surface area contributed by atoms with Crippen LogP contribution in [0, 0.1) is 13.8 Å². The van der Waals surface area contributed by atoms with Crippen LogP contribution in [-0.4, -0.2) is 15.4 Å². The molecule has 0 bridgehead atoms. The quantitative estimate of drug-likeness (QED) is 0.137. The third-order valence-electron chi connectivity index (χ3n) is 16.8. The van der Waals surface area contributed by atoms with E-state index in [1.54, 1.807) is 0 Å². The summed E-state index contributed by atoms with van der Waals surface area (Å²) in [6.07, 6.45) is 0.773. The van der Waals surface area contributed by atoms with Crippen LogP contribution in [0.25, 0.3) is 145 Å². The first-order valence-electron chi connectivity index (χ1n) is 28.1. The molecular weight excluding hydrogens is 995 g/mol. The summed E-state index contributed by atoms with van der Waals surface area (Å²) in [7, 11) is 0. The second-order valence-corrected chi connectivity index (χ2v) is 21.4. The molecule has 82 heavy (non-hydrogen) atoms. The maximum absolute atomic E-state index is 6.92. The summed E-state index contributed by atoms with van der Waals surface area (Å²) < 4.78 is 6.92. The zero-order valence-electron chi connectivity index (χ0n) is 45.4. The van der Waals surface area contributed by atoms with Gasteiger partial charge in [0.05, 0.1) is 0 Å². The molecular formula is C78H53N3O. The summed E-state index contributed by atoms with van der Waals surface area (Å²) >= 11 is 0. The van der Waals surface area contributed by atoms with Gasteiger partial charge in [0.1, 0.15) is 22.6 Å². The number of hydrogen-bond donors (Lipinski definition) is 0. The van der Waals surface area contributed by atoms with Gasteiger partial charge in [0, 0.05) is 38.6 Å². The van der Waals surface area contributed by atoms with Crippen molar-refractivity contribution in [1.82, 2.24) is 15.4 Å². The minimum atomic E-state index is 0.713. The Hall–Kier alpha value is -10.6. The highest BCUT2D eigenvalue weighted by molar-refractivity contribution is 6.23. The molecule has 2 aromatic heterocycles. The van der Waals surface area contributed by atoms with Crippen molar-refractivity contribution < 1.29 is 4.42 Å². The first-order chi connectivity index (χ1) is 40.6. The van der Waals surface area contributed by atoms with Gasteiger partial charge in [0.15, 0.2) is 0 Å². The molecule has 0 saturated heterocycles. The number of benzene rings is 12. The van der Waals surface area contributed by atoms with E-state index >= 15 is 0 Å². The van der Waals surface area contributed by atoms with Crippen LogP contribution >= 0.6 is 0 Å². The van der Waals surface area contributed by atoms with Crippen molar-refractivity contribution in [1.29, 1.82) is 0 Å². The van der Waals surface area contributed by atoms with Gasteiger partial charge < -0.3 is 4.42 Å². The Balaban J connectivity index is 1.27. The zero-order valence-corrected chi connectivity index (χ0v) is 45.4. The molecule has 0 radical (unpaired) electrons. The molecule has 0 spiro atoms. The van der Waals surface area contributed by atoms with Crippen molar-refractivity contribution in [2.24, 2.45) is 0 Å². The first-order valence-corrected chi connectivity index (χ1v) is 28.1. The number of fused-ring (bicyclic) bond motifs is 6. The Labute approximate surface area is 477 Å². The highest BCUT2D eigenvalue weighted by Crippen LogP contribution is 2.61. The Morgan fingerprint density at radius 3 is 1.44 bits per heavy atom. The topological polar surface area (TPSA) is 51.8 Å². The van der Waals surface area contributed by atoms with E-state index in [0.717, 1.165) is 134 Å². The van der Waals surface area contributed by atoms with Gasteiger partial charge in [0.25, 0.3) is 0 Å². The minimum Gasteiger partial charge on any atom is -0.456 e. The summed E-state index contributed by atoms with van der Waals surface area (Å²) in [5, 5.41) is 17.7. The molecule has 0 unspecified atom stereocenters. The highest BCUT2D eigenvalue weighted by atomic mass is 16.3. The molecule has 2 heterocycles. The molecule has 0 fully saturated rings. The SMILES string of the molecule is Cc1cccc(-c2c(-c3cccc4c3Cc3ccccc3-4)c(-c3ccccc3-c3ccccc3)c(-c3ccccc3)c(-c3cccc4oc5ccccc5c34)c2-c2nnnc(-c3ccccc3)c2-c2ccccc2-c2ccccc2)c1C. The van der Waals surface area contributed by atoms with E-state index in [1.807, 2.05) is 0 Å². The van der Waals surface area contributed by atoms with Crippen LogP contribution in [0.5, 0.6) is 0 Å². The third kappa shape index (κ3) is 8.02. The second kappa shape index (κ2) is 20.3. The lowest BCUT2D eigenvalue weighted by molar-refractivity contribution is 0.669. The molecule has 1 aliphatic rings. The Bertz CT molecular complexity index is 4770. The van der Waals surface area contributed by atoms with Crippen LogP contribution in [0.3, 0.4) is 0 Å². The number of rotatable bonds is 10. The highest BCUT2D eigenvalue weighted by Gasteiger charge is 2.36. The average Bonchev–Trinajstić information content (AvgIpc) is 3.15. The number of hydrogen-bond acceptors (Lipinski definition) is 4. The van der Waals surface area contributed by atoms with E-state index in [4.69, 9.17) is 19.8 Å². The molecule has 0 atom stereocenters. The molecule has 0 aliphatic heterocycles. The monoisotopic (exact) mass is 1050 g/mol. The summed E-state index contributed by atoms with van der Waals surface area (Å²) in [5.74, 6) is 0. The van der Waals surface area contributed by atoms with E-state index in [9.17, 15) is 0 Å². The molecule has 0 saturated carbocycles. The number of para-hydroxylation sites is 1. The molecule has 0 amide bonds. The number of aromatic nitrogens is 3. The molecule has 4 nitrogen and oxygen atoms in total. The standard InChI is InChI=1S/C78H53N3O/c1-49-26-23-42-56(50(49)2)71-73(63-44-24-43-60-59-38-16-15-35-55(59)48-66(60)63)72(61-39-19-17-36-57(61)51-27-7-3-8-28-51)69(53-31-11-5-12-32-53)74(65-45-25-47-68-70(65)64-41-21-22-46-67(64)82-68)76(71)78-75(77(79-81-80-78)54-33-13-6-14-34-54)62-40-20-18-37-58(62)52-29-9-4-10-30-52/h3-47H,48H2,1-2H3. The van der Waals surface area contributed by atoms with Crippen LogP contribution in [-0.2, 0) is 6.42 Å². The van der Waals surface area contributed by atoms with E-state index in [2.05, 4.69) is 287 Å². The fraction of sp³-hybridized carbons (Fsp3) is 0.0385. The van der Waals surface area contributed by atoms with Gasteiger partial charge in [-0.25, -0.2) is 0 Å². The van der Waals surface area contributed by atoms with Gasteiger partial charge in [0.2, 0.25) is 0 Å². The van der Waals surface area contributed by atoms with Crippen molar-refractivity contribution >= 4 is 21.9 Å². The number of aryl methyl sites for hydroxylation is 1. The van der Waals surface area contributed by atoms with Crippen LogP contribution in [0.2, 0.25) is 0 Å². The van der Waals surface area contributed by atoms with Crippen LogP contribution < -0.4 is 0 Å². The molecule has 12 aromatic carbocycles. The smallest absolute Gasteiger partial charge is 0.136 e. The van der Waals surface area contributed by atoms with Gasteiger partial charge in [-0.1, -0.05) is 261 Å². The van der Waals surface area contributed by atoms with Gasteiger partial charge in [-0.3, -0.25) is 0 Å². The fourth-order valence-electron chi connectivity index (χ4n) is 13.0. The number of nitrogens with zero attached hydrogens (tertiary/aromatic N) is 3. The second-order valence-electron chi connectivity index (χ2n) is 21.4. The molecule has 1 aliphatic carbocycles. The van der Waals surface area contributed by atoms with Gasteiger partial charge >= 0.3 is 0 Å². The third-order valence-corrected chi connectivity index (χ3v) is 16.8. The Kier molecular flexibility index (Phi) is 12.0. The molecule has 0 N–H and O–H groups in total. The molecule has 386 valence electrons. The predicted octanol–water partition coefficient (Wildman–Crippen LogP) is 20.6. The van der Waals surface area contributed by atoms with Crippen LogP contribution in [0.4, 0.5) is 0 Å². The largest absolute Gasteiger partial charge is 0.456 e. The summed E-state index contributed by atoms with van der Waals surface area (Å²) in [4.78, 5) is 0. The Morgan fingerprint density at radius 1 is 0.293 bits per heavy atom. The van der Waals surface area contributed by atoms with E-state index in [1.165, 1.54) is 33.4 Å². The van der Waals surface area contributed by atoms with Crippen molar-refractivity contribution in [2.75, 3.05) is 0 Å². The summed E-state index contributed by atoms with van der Waals surface area (Å²) in [5.41, 5.74) is 29.5. The van der Waals surface area contributed by atoms with E-state index < -0.39 is 0 Å². The summed E-state index contributed by atoms with van der Waals surface area (Å²) in [6.45, 7) is 4.52. The fourth-order valence-corrected chi connectivity index (χ4v) is 13.0. The first kappa shape index (κ1) is 48.6. The predicted molar refractivity (Wildman–Crippen MR) is 339 cm³/mol. The van der Waals surface area contributed by atoms with Crippen LogP contribution in [0.15, 0.2) is 277 Å². The average molecular weight is 1050 g/mol. The molecule has 14 aromatic rings. The number of furan rings is 1. The van der Waals surface area contributed by atoms with Crippen molar-refractivity contribution in [3.8, 4) is 123 Å². The zero-order chi connectivity index (χ0) is 54.7. The van der Waals surface area contributed by atoms with Crippen LogP contribution in [0.1, 0.15) is 22.3 Å². The summed E-state index contributed by atoms with van der Waals surface area (Å²) in [6, 6.07) is 98.6. The van der Waals surface area contributed by atoms with Crippen molar-refractivity contribution in [3.63, 3.8) is 0 Å². The lowest BCUT2D eigenvalue weighted by Crippen LogP contribution is -2.08. The van der Waals surface area contributed by atoms with Gasteiger partial charge in [-0.05, 0) is 143 Å². The van der Waals surface area contributed by atoms with E-state index in [0.29, 0.717) is 5.69 Å². The van der Waals surface area contributed by atoms with Gasteiger partial charge in [-0.2, -0.15) is 0 Å². The van der Waals surface area contributed by atoms with E-state index in [-0.39, 0.29) is 0 Å². The molecule has 4 heteroatoms. The Morgan fingerprint density at radius 2 is 0.744 bits per heavy atom. The lowest BCUT2D eigenvalue weighted by atomic mass is 9.71. The van der Waals surface area contributed by atoms with Crippen molar-refractivity contribution in [3.05, 3.63) is 295 Å². The lowest BCUT2D eigenvalue weighted by Gasteiger charge is -2.31. The molecule has 15 rings (SSSR count). The maximum atomic E-state index is 6.92. The minimum absolute atomic E-state index is 0.713. The maximum Gasteiger partial charge on any atom is 0.136 e. The normalized spacial score (nSPS) is 11.7. The van der Waals surface area contributed by atoms with Crippen molar-refractivity contribution in [2.45, 2.75) is 20.3 Å². The van der Waals surface area contributed by atoms with Gasteiger partial charge in [-0.15, -0.1) is 10.2 Å².